The van der Waals surface area contributed by atoms with E-state index in [1.54, 1.807) is 48.5 Å². The van der Waals surface area contributed by atoms with Gasteiger partial charge in [-0.3, -0.25) is 24.3 Å². The first-order valence-corrected chi connectivity index (χ1v) is 10.4. The summed E-state index contributed by atoms with van der Waals surface area (Å²) in [5.74, 6) is -1.52. The molecule has 160 valence electrons. The van der Waals surface area contributed by atoms with Crippen LogP contribution in [0.2, 0.25) is 0 Å². The highest BCUT2D eigenvalue weighted by molar-refractivity contribution is 7.99. The molecule has 1 heterocycles. The smallest absolute Gasteiger partial charge is 0.295 e. The average Bonchev–Trinajstić information content (AvgIpc) is 2.79. The highest BCUT2D eigenvalue weighted by Crippen LogP contribution is 2.26. The molecular weight excluding hydrogens is 435 g/mol. The molecule has 0 aliphatic rings. The Bertz CT molecular complexity index is 1390. The first-order valence-electron chi connectivity index (χ1n) is 9.38. The number of rotatable bonds is 6. The largest absolute Gasteiger partial charge is 0.320 e. The number of nitro groups is 1. The van der Waals surface area contributed by atoms with Crippen LogP contribution in [0.1, 0.15) is 0 Å². The number of nitrogens with one attached hydrogen (secondary N) is 1. The number of hydrogen-bond donors (Lipinski definition) is 1. The van der Waals surface area contributed by atoms with Gasteiger partial charge in [0.2, 0.25) is 5.91 Å². The van der Waals surface area contributed by atoms with E-state index in [1.807, 2.05) is 6.07 Å². The van der Waals surface area contributed by atoms with Crippen LogP contribution in [0.4, 0.5) is 15.8 Å². The molecule has 4 aromatic rings. The summed E-state index contributed by atoms with van der Waals surface area (Å²) < 4.78 is 14.7. The summed E-state index contributed by atoms with van der Waals surface area (Å²) in [5, 5.41) is 14.3. The molecule has 1 aromatic heterocycles. The Balaban J connectivity index is 1.64. The van der Waals surface area contributed by atoms with Crippen molar-refractivity contribution in [2.75, 3.05) is 11.1 Å². The second-order valence-electron chi connectivity index (χ2n) is 6.64. The predicted octanol–water partition coefficient (Wildman–Crippen LogP) is 4.16. The summed E-state index contributed by atoms with van der Waals surface area (Å²) in [6.45, 7) is 0. The standard InChI is InChI=1S/C22H15FN4O4S/c23-14-10-11-18(19(12-14)27(30)31)24-20(28)13-32-22-25-17-9-5-4-8-16(17)21(29)26(22)15-6-2-1-3-7-15/h1-12H,13H2,(H,24,28). The minimum absolute atomic E-state index is 0.117. The Morgan fingerprint density at radius 3 is 2.56 bits per heavy atom. The molecule has 10 heteroatoms. The molecule has 32 heavy (non-hydrogen) atoms. The minimum Gasteiger partial charge on any atom is -0.320 e. The van der Waals surface area contributed by atoms with Crippen molar-refractivity contribution in [1.82, 2.24) is 9.55 Å². The number of anilines is 1. The quantitative estimate of drug-likeness (QED) is 0.205. The number of para-hydroxylation sites is 2. The first kappa shape index (κ1) is 21.2. The van der Waals surface area contributed by atoms with E-state index >= 15 is 0 Å². The van der Waals surface area contributed by atoms with Gasteiger partial charge in [-0.05, 0) is 36.4 Å². The van der Waals surface area contributed by atoms with Gasteiger partial charge in [-0.2, -0.15) is 0 Å². The molecule has 1 N–H and O–H groups in total. The van der Waals surface area contributed by atoms with Gasteiger partial charge in [0, 0.05) is 0 Å². The maximum atomic E-state index is 13.3. The molecule has 4 rings (SSSR count). The number of benzene rings is 3. The molecular formula is C22H15FN4O4S. The Kier molecular flexibility index (Phi) is 5.95. The van der Waals surface area contributed by atoms with Crippen molar-refractivity contribution in [3.05, 3.63) is 99.1 Å². The molecule has 3 aromatic carbocycles. The van der Waals surface area contributed by atoms with Crippen molar-refractivity contribution in [3.63, 3.8) is 0 Å². The van der Waals surface area contributed by atoms with Crippen molar-refractivity contribution in [3.8, 4) is 5.69 Å². The third-order valence-electron chi connectivity index (χ3n) is 4.52. The Morgan fingerprint density at radius 2 is 1.81 bits per heavy atom. The molecule has 0 aliphatic carbocycles. The van der Waals surface area contributed by atoms with Gasteiger partial charge in [-0.15, -0.1) is 0 Å². The lowest BCUT2D eigenvalue weighted by Gasteiger charge is -2.13. The number of nitro benzene ring substituents is 1. The van der Waals surface area contributed by atoms with Crippen molar-refractivity contribution < 1.29 is 14.1 Å². The zero-order valence-corrected chi connectivity index (χ0v) is 17.2. The molecule has 1 amide bonds. The Morgan fingerprint density at radius 1 is 1.09 bits per heavy atom. The van der Waals surface area contributed by atoms with Gasteiger partial charge in [0.25, 0.3) is 11.2 Å². The lowest BCUT2D eigenvalue weighted by Crippen LogP contribution is -2.23. The Hall–Kier alpha value is -4.05. The van der Waals surface area contributed by atoms with E-state index in [1.165, 1.54) is 4.57 Å². The summed E-state index contributed by atoms with van der Waals surface area (Å²) in [7, 11) is 0. The fourth-order valence-corrected chi connectivity index (χ4v) is 3.90. The topological polar surface area (TPSA) is 107 Å². The summed E-state index contributed by atoms with van der Waals surface area (Å²) in [5.41, 5.74) is 0.135. The van der Waals surface area contributed by atoms with Crippen molar-refractivity contribution in [1.29, 1.82) is 0 Å². The van der Waals surface area contributed by atoms with Crippen LogP contribution < -0.4 is 10.9 Å². The molecule has 0 radical (unpaired) electrons. The second kappa shape index (κ2) is 8.98. The lowest BCUT2D eigenvalue weighted by atomic mass is 10.2. The maximum Gasteiger partial charge on any atom is 0.295 e. The number of halogens is 1. The van der Waals surface area contributed by atoms with Crippen molar-refractivity contribution in [2.24, 2.45) is 0 Å². The van der Waals surface area contributed by atoms with Gasteiger partial charge < -0.3 is 5.32 Å². The van der Waals surface area contributed by atoms with Crippen LogP contribution in [0.3, 0.4) is 0 Å². The first-order chi connectivity index (χ1) is 15.4. The second-order valence-corrected chi connectivity index (χ2v) is 7.59. The summed E-state index contributed by atoms with van der Waals surface area (Å²) in [6, 6.07) is 18.7. The van der Waals surface area contributed by atoms with Crippen LogP contribution in [-0.2, 0) is 4.79 Å². The number of fused-ring (bicyclic) bond motifs is 1. The van der Waals surface area contributed by atoms with Gasteiger partial charge in [-0.1, -0.05) is 42.1 Å². The van der Waals surface area contributed by atoms with Gasteiger partial charge in [0.15, 0.2) is 5.16 Å². The highest BCUT2D eigenvalue weighted by Gasteiger charge is 2.19. The van der Waals surface area contributed by atoms with E-state index in [0.717, 1.165) is 30.0 Å². The summed E-state index contributed by atoms with van der Waals surface area (Å²) in [6.07, 6.45) is 0. The summed E-state index contributed by atoms with van der Waals surface area (Å²) in [4.78, 5) is 40.5. The molecule has 0 fully saturated rings. The lowest BCUT2D eigenvalue weighted by molar-refractivity contribution is -0.384. The third kappa shape index (κ3) is 4.35. The van der Waals surface area contributed by atoms with E-state index in [0.29, 0.717) is 21.7 Å². The van der Waals surface area contributed by atoms with Crippen LogP contribution >= 0.6 is 11.8 Å². The summed E-state index contributed by atoms with van der Waals surface area (Å²) >= 11 is 1.01. The Labute approximate surface area is 184 Å². The van der Waals surface area contributed by atoms with Gasteiger partial charge in [0.05, 0.1) is 33.3 Å². The van der Waals surface area contributed by atoms with Crippen LogP contribution in [0.25, 0.3) is 16.6 Å². The van der Waals surface area contributed by atoms with E-state index < -0.39 is 22.3 Å². The van der Waals surface area contributed by atoms with E-state index in [9.17, 15) is 24.1 Å². The normalized spacial score (nSPS) is 10.8. The zero-order chi connectivity index (χ0) is 22.7. The van der Waals surface area contributed by atoms with Gasteiger partial charge >= 0.3 is 0 Å². The molecule has 0 spiro atoms. The van der Waals surface area contributed by atoms with E-state index in [4.69, 9.17) is 0 Å². The minimum atomic E-state index is -0.781. The maximum absolute atomic E-state index is 13.3. The number of hydrogen-bond acceptors (Lipinski definition) is 6. The molecule has 8 nitrogen and oxygen atoms in total. The van der Waals surface area contributed by atoms with Crippen LogP contribution in [0.15, 0.2) is 82.7 Å². The highest BCUT2D eigenvalue weighted by atomic mass is 32.2. The van der Waals surface area contributed by atoms with Crippen molar-refractivity contribution >= 4 is 39.9 Å². The number of carbonyl (C=O) groups excluding carboxylic acids is 1. The molecule has 0 bridgehead atoms. The number of amides is 1. The van der Waals surface area contributed by atoms with Gasteiger partial charge in [-0.25, -0.2) is 9.37 Å². The SMILES string of the molecule is O=C(CSc1nc2ccccc2c(=O)n1-c1ccccc1)Nc1ccc(F)cc1[N+](=O)[O-]. The van der Waals surface area contributed by atoms with E-state index in [-0.39, 0.29) is 17.0 Å². The number of nitrogens with zero attached hydrogens (tertiary/aromatic N) is 3. The molecule has 0 atom stereocenters. The molecule has 0 unspecified atom stereocenters. The molecule has 0 saturated carbocycles. The van der Waals surface area contributed by atoms with E-state index in [2.05, 4.69) is 10.3 Å². The fraction of sp³-hybridized carbons (Fsp3) is 0.0455. The number of carbonyl (C=O) groups is 1. The van der Waals surface area contributed by atoms with Crippen molar-refractivity contribution in [2.45, 2.75) is 5.16 Å². The van der Waals surface area contributed by atoms with Gasteiger partial charge in [0.1, 0.15) is 11.5 Å². The van der Waals surface area contributed by atoms with Crippen LogP contribution in [0, 0.1) is 15.9 Å². The fourth-order valence-electron chi connectivity index (χ4n) is 3.09. The van der Waals surface area contributed by atoms with Crippen LogP contribution in [0.5, 0.6) is 0 Å². The monoisotopic (exact) mass is 450 g/mol. The van der Waals surface area contributed by atoms with Crippen LogP contribution in [-0.4, -0.2) is 26.1 Å². The molecule has 0 saturated heterocycles. The zero-order valence-electron chi connectivity index (χ0n) is 16.4. The number of aromatic nitrogens is 2. The third-order valence-corrected chi connectivity index (χ3v) is 5.46. The predicted molar refractivity (Wildman–Crippen MR) is 120 cm³/mol. The average molecular weight is 450 g/mol. The molecule has 0 aliphatic heterocycles. The number of thioether (sulfide) groups is 1.